The first-order valence-electron chi connectivity index (χ1n) is 4.62. The number of rotatable bonds is 3. The molecule has 0 aliphatic rings. The molecule has 0 aliphatic heterocycles. The van der Waals surface area contributed by atoms with Gasteiger partial charge in [-0.25, -0.2) is 0 Å². The Labute approximate surface area is 84.7 Å². The van der Waals surface area contributed by atoms with E-state index in [-0.39, 0.29) is 0 Å². The van der Waals surface area contributed by atoms with Gasteiger partial charge in [-0.05, 0) is 32.1 Å². The lowest BCUT2D eigenvalue weighted by atomic mass is 10.3. The topological polar surface area (TPSA) is 24.7 Å². The Morgan fingerprint density at radius 3 is 2.43 bits per heavy atom. The second kappa shape index (κ2) is 5.86. The van der Waals surface area contributed by atoms with Gasteiger partial charge in [-0.3, -0.25) is 0 Å². The monoisotopic (exact) mass is 186 g/mol. The first-order valence-corrected chi connectivity index (χ1v) is 4.62. The molecule has 0 atom stereocenters. The third-order valence-corrected chi connectivity index (χ3v) is 1.67. The normalized spacial score (nSPS) is 12.9. The van der Waals surface area contributed by atoms with Crippen molar-refractivity contribution in [2.75, 3.05) is 0 Å². The van der Waals surface area contributed by atoms with E-state index in [0.717, 1.165) is 11.4 Å². The summed E-state index contributed by atoms with van der Waals surface area (Å²) in [6.45, 7) is 3.90. The van der Waals surface area contributed by atoms with Gasteiger partial charge >= 0.3 is 0 Å². The standard InChI is InChI=1S/C12H14N2/c1-3-8-11(4-2)13-14-12-9-6-5-7-10-12/h3-10H,1-2H3/b8-3-,11-4+,14-13+. The molecule has 0 bridgehead atoms. The molecule has 2 nitrogen and oxygen atoms in total. The number of hydrogen-bond acceptors (Lipinski definition) is 2. The van der Waals surface area contributed by atoms with Gasteiger partial charge in [0, 0.05) is 0 Å². The second-order valence-corrected chi connectivity index (χ2v) is 2.75. The molecule has 1 aromatic rings. The third kappa shape index (κ3) is 3.35. The molecule has 0 saturated heterocycles. The molecule has 14 heavy (non-hydrogen) atoms. The van der Waals surface area contributed by atoms with Gasteiger partial charge in [0.15, 0.2) is 0 Å². The van der Waals surface area contributed by atoms with Crippen LogP contribution in [0.5, 0.6) is 0 Å². The summed E-state index contributed by atoms with van der Waals surface area (Å²) in [5.41, 5.74) is 1.74. The second-order valence-electron chi connectivity index (χ2n) is 2.75. The molecule has 0 saturated carbocycles. The van der Waals surface area contributed by atoms with Crippen molar-refractivity contribution >= 4 is 5.69 Å². The molecule has 2 heteroatoms. The maximum Gasteiger partial charge on any atom is 0.0857 e. The molecule has 0 heterocycles. The summed E-state index contributed by atoms with van der Waals surface area (Å²) >= 11 is 0. The van der Waals surface area contributed by atoms with Gasteiger partial charge in [0.1, 0.15) is 0 Å². The van der Waals surface area contributed by atoms with Crippen LogP contribution in [0, 0.1) is 0 Å². The Kier molecular flexibility index (Phi) is 4.35. The molecule has 0 amide bonds. The van der Waals surface area contributed by atoms with Gasteiger partial charge in [-0.1, -0.05) is 30.4 Å². The molecular formula is C12H14N2. The van der Waals surface area contributed by atoms with Crippen molar-refractivity contribution in [2.24, 2.45) is 10.2 Å². The largest absolute Gasteiger partial charge is 0.151 e. The summed E-state index contributed by atoms with van der Waals surface area (Å²) in [7, 11) is 0. The zero-order chi connectivity index (χ0) is 10.2. The van der Waals surface area contributed by atoms with Crippen LogP contribution in [0.2, 0.25) is 0 Å². The van der Waals surface area contributed by atoms with Crippen LogP contribution in [-0.2, 0) is 0 Å². The Morgan fingerprint density at radius 2 is 1.86 bits per heavy atom. The van der Waals surface area contributed by atoms with Crippen LogP contribution < -0.4 is 0 Å². The van der Waals surface area contributed by atoms with E-state index in [4.69, 9.17) is 0 Å². The van der Waals surface area contributed by atoms with Crippen molar-refractivity contribution in [2.45, 2.75) is 13.8 Å². The predicted molar refractivity (Wildman–Crippen MR) is 59.5 cm³/mol. The lowest BCUT2D eigenvalue weighted by Crippen LogP contribution is -1.68. The van der Waals surface area contributed by atoms with Crippen LogP contribution in [0.15, 0.2) is 64.5 Å². The van der Waals surface area contributed by atoms with Gasteiger partial charge in [0.25, 0.3) is 0 Å². The van der Waals surface area contributed by atoms with Crippen LogP contribution in [0.3, 0.4) is 0 Å². The maximum absolute atomic E-state index is 4.10. The molecule has 1 aromatic carbocycles. The van der Waals surface area contributed by atoms with Crippen molar-refractivity contribution < 1.29 is 0 Å². The number of nitrogens with zero attached hydrogens (tertiary/aromatic N) is 2. The number of azo groups is 1. The fourth-order valence-electron chi connectivity index (χ4n) is 0.968. The highest BCUT2D eigenvalue weighted by molar-refractivity contribution is 5.35. The summed E-state index contributed by atoms with van der Waals surface area (Å²) in [4.78, 5) is 0. The number of benzene rings is 1. The minimum atomic E-state index is 0.872. The molecule has 0 radical (unpaired) electrons. The average Bonchev–Trinajstić information content (AvgIpc) is 2.25. The Balaban J connectivity index is 2.73. The average molecular weight is 186 g/mol. The molecule has 0 unspecified atom stereocenters. The Hall–Kier alpha value is -1.70. The quantitative estimate of drug-likeness (QED) is 0.498. The van der Waals surface area contributed by atoms with E-state index < -0.39 is 0 Å². The minimum absolute atomic E-state index is 0.872. The smallest absolute Gasteiger partial charge is 0.0857 e. The van der Waals surface area contributed by atoms with E-state index >= 15 is 0 Å². The van der Waals surface area contributed by atoms with Crippen molar-refractivity contribution in [3.63, 3.8) is 0 Å². The molecule has 0 aromatic heterocycles. The lowest BCUT2D eigenvalue weighted by molar-refractivity contribution is 1.16. The minimum Gasteiger partial charge on any atom is -0.151 e. The van der Waals surface area contributed by atoms with E-state index in [1.807, 2.05) is 62.4 Å². The highest BCUT2D eigenvalue weighted by Gasteiger charge is 1.86. The predicted octanol–water partition coefficient (Wildman–Crippen LogP) is 4.25. The first-order chi connectivity index (χ1) is 6.86. The van der Waals surface area contributed by atoms with Crippen molar-refractivity contribution in [3.05, 3.63) is 54.3 Å². The van der Waals surface area contributed by atoms with Crippen molar-refractivity contribution in [3.8, 4) is 0 Å². The van der Waals surface area contributed by atoms with E-state index in [1.165, 1.54) is 0 Å². The first kappa shape index (κ1) is 10.4. The highest BCUT2D eigenvalue weighted by atomic mass is 15.1. The zero-order valence-corrected chi connectivity index (χ0v) is 8.51. The Bertz CT molecular complexity index is 348. The summed E-state index contributed by atoms with van der Waals surface area (Å²) in [5.74, 6) is 0. The van der Waals surface area contributed by atoms with Crippen molar-refractivity contribution in [1.29, 1.82) is 0 Å². The van der Waals surface area contributed by atoms with Crippen LogP contribution in [0.4, 0.5) is 5.69 Å². The third-order valence-electron chi connectivity index (χ3n) is 1.67. The van der Waals surface area contributed by atoms with E-state index in [2.05, 4.69) is 10.2 Å². The molecule has 0 spiro atoms. The van der Waals surface area contributed by atoms with Gasteiger partial charge < -0.3 is 0 Å². The molecule has 0 aliphatic carbocycles. The van der Waals surface area contributed by atoms with Crippen molar-refractivity contribution in [1.82, 2.24) is 0 Å². The SMILES string of the molecule is C\C=C/C(=C\C)/N=N/c1ccccc1. The molecule has 0 fully saturated rings. The summed E-state index contributed by atoms with van der Waals surface area (Å²) in [5, 5.41) is 8.20. The fraction of sp³-hybridized carbons (Fsp3) is 0.167. The zero-order valence-electron chi connectivity index (χ0n) is 8.51. The summed E-state index contributed by atoms with van der Waals surface area (Å²) in [6, 6.07) is 9.69. The number of hydrogen-bond donors (Lipinski definition) is 0. The molecular weight excluding hydrogens is 172 g/mol. The van der Waals surface area contributed by atoms with E-state index in [0.29, 0.717) is 0 Å². The van der Waals surface area contributed by atoms with E-state index in [9.17, 15) is 0 Å². The molecule has 72 valence electrons. The van der Waals surface area contributed by atoms with Crippen LogP contribution in [-0.4, -0.2) is 0 Å². The van der Waals surface area contributed by atoms with E-state index in [1.54, 1.807) is 0 Å². The van der Waals surface area contributed by atoms with Gasteiger partial charge in [-0.15, -0.1) is 0 Å². The summed E-state index contributed by atoms with van der Waals surface area (Å²) < 4.78 is 0. The Morgan fingerprint density at radius 1 is 1.14 bits per heavy atom. The fourth-order valence-corrected chi connectivity index (χ4v) is 0.968. The number of allylic oxidation sites excluding steroid dienone is 3. The maximum atomic E-state index is 4.10. The molecule has 1 rings (SSSR count). The van der Waals surface area contributed by atoms with Gasteiger partial charge in [-0.2, -0.15) is 10.2 Å². The van der Waals surface area contributed by atoms with Crippen LogP contribution in [0.25, 0.3) is 0 Å². The van der Waals surface area contributed by atoms with Crippen LogP contribution >= 0.6 is 0 Å². The van der Waals surface area contributed by atoms with Gasteiger partial charge in [0.2, 0.25) is 0 Å². The lowest BCUT2D eigenvalue weighted by Gasteiger charge is -1.91. The summed E-state index contributed by atoms with van der Waals surface area (Å²) in [6.07, 6.45) is 5.79. The molecule has 0 N–H and O–H groups in total. The van der Waals surface area contributed by atoms with Crippen LogP contribution in [0.1, 0.15) is 13.8 Å². The van der Waals surface area contributed by atoms with Gasteiger partial charge in [0.05, 0.1) is 11.4 Å². The highest BCUT2D eigenvalue weighted by Crippen LogP contribution is 2.12.